The van der Waals surface area contributed by atoms with Crippen LogP contribution in [0.15, 0.2) is 22.1 Å². The Labute approximate surface area is 131 Å². The second-order valence-electron chi connectivity index (χ2n) is 5.67. The summed E-state index contributed by atoms with van der Waals surface area (Å²) in [4.78, 5) is 13.2. The van der Waals surface area contributed by atoms with Crippen molar-refractivity contribution in [3.05, 3.63) is 44.1 Å². The lowest BCUT2D eigenvalue weighted by Gasteiger charge is -2.27. The summed E-state index contributed by atoms with van der Waals surface area (Å²) in [7, 11) is 0. The van der Waals surface area contributed by atoms with Gasteiger partial charge in [-0.15, -0.1) is 11.3 Å². The van der Waals surface area contributed by atoms with E-state index >= 15 is 0 Å². The number of fused-ring (bicyclic) bond motifs is 1. The van der Waals surface area contributed by atoms with Crippen LogP contribution in [-0.4, -0.2) is 21.4 Å². The Bertz CT molecular complexity index is 636. The highest BCUT2D eigenvalue weighted by Gasteiger charge is 2.28. The van der Waals surface area contributed by atoms with Crippen molar-refractivity contribution in [2.24, 2.45) is 0 Å². The van der Waals surface area contributed by atoms with E-state index in [0.717, 1.165) is 31.9 Å². The third-order valence-electron chi connectivity index (χ3n) is 3.98. The number of aromatic nitrogens is 2. The minimum Gasteiger partial charge on any atom is -0.293 e. The van der Waals surface area contributed by atoms with Crippen molar-refractivity contribution in [3.8, 4) is 0 Å². The maximum atomic E-state index is 4.78. The molecule has 1 aliphatic carbocycles. The molecule has 3 nitrogen and oxygen atoms in total. The van der Waals surface area contributed by atoms with Gasteiger partial charge in [0.1, 0.15) is 5.82 Å². The molecule has 20 heavy (non-hydrogen) atoms. The lowest BCUT2D eigenvalue weighted by atomic mass is 10.1. The fourth-order valence-electron chi connectivity index (χ4n) is 2.72. The van der Waals surface area contributed by atoms with Gasteiger partial charge < -0.3 is 0 Å². The highest BCUT2D eigenvalue weighted by Crippen LogP contribution is 2.38. The SMILES string of the molecule is Brc1csc(CN2CCc3nc(C4CC4)ncc3C2)c1. The molecule has 0 atom stereocenters. The Hall–Kier alpha value is -0.780. The molecule has 0 bridgehead atoms. The van der Waals surface area contributed by atoms with Crippen molar-refractivity contribution in [2.45, 2.75) is 38.3 Å². The molecule has 5 heteroatoms. The molecule has 1 saturated carbocycles. The van der Waals surface area contributed by atoms with E-state index in [1.54, 1.807) is 0 Å². The fraction of sp³-hybridized carbons (Fsp3) is 0.467. The first-order valence-corrected chi connectivity index (χ1v) is 8.75. The van der Waals surface area contributed by atoms with Gasteiger partial charge in [-0.1, -0.05) is 0 Å². The molecule has 4 rings (SSSR count). The van der Waals surface area contributed by atoms with Gasteiger partial charge in [0, 0.05) is 64.2 Å². The summed E-state index contributed by atoms with van der Waals surface area (Å²) in [6.07, 6.45) is 5.67. The van der Waals surface area contributed by atoms with Crippen LogP contribution < -0.4 is 0 Å². The van der Waals surface area contributed by atoms with Gasteiger partial charge in [0.2, 0.25) is 0 Å². The second kappa shape index (κ2) is 5.20. The third-order valence-corrected chi connectivity index (χ3v) is 5.66. The van der Waals surface area contributed by atoms with Gasteiger partial charge in [0.25, 0.3) is 0 Å². The molecule has 2 aromatic heterocycles. The lowest BCUT2D eigenvalue weighted by Crippen LogP contribution is -2.30. The molecule has 0 N–H and O–H groups in total. The molecule has 0 aromatic carbocycles. The van der Waals surface area contributed by atoms with E-state index in [1.807, 2.05) is 11.3 Å². The molecule has 0 unspecified atom stereocenters. The quantitative estimate of drug-likeness (QED) is 0.845. The van der Waals surface area contributed by atoms with Crippen LogP contribution in [0.5, 0.6) is 0 Å². The van der Waals surface area contributed by atoms with Crippen molar-refractivity contribution in [3.63, 3.8) is 0 Å². The monoisotopic (exact) mass is 349 g/mol. The first-order chi connectivity index (χ1) is 9.78. The average Bonchev–Trinajstić information content (AvgIpc) is 3.22. The second-order valence-corrected chi connectivity index (χ2v) is 7.58. The third kappa shape index (κ3) is 2.67. The van der Waals surface area contributed by atoms with Crippen LogP contribution in [0, 0.1) is 0 Å². The van der Waals surface area contributed by atoms with Gasteiger partial charge in [-0.2, -0.15) is 0 Å². The maximum absolute atomic E-state index is 4.78. The van der Waals surface area contributed by atoms with Gasteiger partial charge in [-0.25, -0.2) is 9.97 Å². The molecule has 104 valence electrons. The van der Waals surface area contributed by atoms with Gasteiger partial charge in [0.05, 0.1) is 0 Å². The van der Waals surface area contributed by atoms with E-state index in [9.17, 15) is 0 Å². The lowest BCUT2D eigenvalue weighted by molar-refractivity contribution is 0.244. The van der Waals surface area contributed by atoms with Crippen LogP contribution >= 0.6 is 27.3 Å². The van der Waals surface area contributed by atoms with Crippen molar-refractivity contribution < 1.29 is 0 Å². The van der Waals surface area contributed by atoms with Crippen LogP contribution in [0.4, 0.5) is 0 Å². The van der Waals surface area contributed by atoms with E-state index in [2.05, 4.69) is 43.5 Å². The maximum Gasteiger partial charge on any atom is 0.131 e. The molecule has 0 saturated heterocycles. The first-order valence-electron chi connectivity index (χ1n) is 7.08. The fourth-order valence-corrected chi connectivity index (χ4v) is 4.21. The standard InChI is InChI=1S/C15H16BrN3S/c16-12-5-13(20-9-12)8-19-4-3-14-11(7-19)6-17-15(18-14)10-1-2-10/h5-6,9-10H,1-4,7-8H2. The smallest absolute Gasteiger partial charge is 0.131 e. The summed E-state index contributed by atoms with van der Waals surface area (Å²) in [5.74, 6) is 1.74. The summed E-state index contributed by atoms with van der Waals surface area (Å²) in [5, 5.41) is 2.15. The minimum absolute atomic E-state index is 0.654. The Morgan fingerprint density at radius 1 is 1.40 bits per heavy atom. The molecule has 2 aliphatic rings. The van der Waals surface area contributed by atoms with Gasteiger partial charge in [0.15, 0.2) is 0 Å². The van der Waals surface area contributed by atoms with E-state index in [0.29, 0.717) is 5.92 Å². The highest BCUT2D eigenvalue weighted by atomic mass is 79.9. The summed E-state index contributed by atoms with van der Waals surface area (Å²) in [6, 6.07) is 2.22. The molecule has 0 radical (unpaired) electrons. The summed E-state index contributed by atoms with van der Waals surface area (Å²) in [6.45, 7) is 3.11. The highest BCUT2D eigenvalue weighted by molar-refractivity contribution is 9.10. The van der Waals surface area contributed by atoms with Crippen molar-refractivity contribution in [1.82, 2.24) is 14.9 Å². The number of nitrogens with zero attached hydrogens (tertiary/aromatic N) is 3. The number of hydrogen-bond acceptors (Lipinski definition) is 4. The van der Waals surface area contributed by atoms with Crippen molar-refractivity contribution in [2.75, 3.05) is 6.54 Å². The Morgan fingerprint density at radius 3 is 3.05 bits per heavy atom. The zero-order valence-electron chi connectivity index (χ0n) is 11.2. The molecule has 3 heterocycles. The van der Waals surface area contributed by atoms with Crippen molar-refractivity contribution in [1.29, 1.82) is 0 Å². The van der Waals surface area contributed by atoms with Gasteiger partial charge >= 0.3 is 0 Å². The Balaban J connectivity index is 1.48. The molecule has 1 fully saturated rings. The molecule has 2 aromatic rings. The molecular formula is C15H16BrN3S. The number of halogens is 1. The van der Waals surface area contributed by atoms with Crippen LogP contribution in [0.1, 0.15) is 40.7 Å². The topological polar surface area (TPSA) is 29.0 Å². The minimum atomic E-state index is 0.654. The molecule has 0 amide bonds. The largest absolute Gasteiger partial charge is 0.293 e. The van der Waals surface area contributed by atoms with Gasteiger partial charge in [-0.05, 0) is 34.8 Å². The molecular weight excluding hydrogens is 334 g/mol. The Kier molecular flexibility index (Phi) is 3.36. The Morgan fingerprint density at radius 2 is 2.30 bits per heavy atom. The van der Waals surface area contributed by atoms with Crippen LogP contribution in [0.25, 0.3) is 0 Å². The van der Waals surface area contributed by atoms with Crippen LogP contribution in [-0.2, 0) is 19.5 Å². The zero-order valence-corrected chi connectivity index (χ0v) is 13.6. The van der Waals surface area contributed by atoms with E-state index in [4.69, 9.17) is 4.98 Å². The van der Waals surface area contributed by atoms with Crippen LogP contribution in [0.3, 0.4) is 0 Å². The number of thiophene rings is 1. The number of rotatable bonds is 3. The number of hydrogen-bond donors (Lipinski definition) is 0. The first kappa shape index (κ1) is 12.9. The molecule has 1 aliphatic heterocycles. The zero-order chi connectivity index (χ0) is 13.5. The van der Waals surface area contributed by atoms with Gasteiger partial charge in [-0.3, -0.25) is 4.90 Å². The normalized spacial score (nSPS) is 19.1. The summed E-state index contributed by atoms with van der Waals surface area (Å²) >= 11 is 5.34. The average molecular weight is 350 g/mol. The van der Waals surface area contributed by atoms with E-state index in [1.165, 1.54) is 33.4 Å². The predicted octanol–water partition coefficient (Wildman–Crippen LogP) is 3.74. The van der Waals surface area contributed by atoms with Crippen molar-refractivity contribution >= 4 is 27.3 Å². The predicted molar refractivity (Wildman–Crippen MR) is 83.8 cm³/mol. The molecule has 0 spiro atoms. The van der Waals surface area contributed by atoms with E-state index in [-0.39, 0.29) is 0 Å². The van der Waals surface area contributed by atoms with E-state index < -0.39 is 0 Å². The van der Waals surface area contributed by atoms with Crippen LogP contribution in [0.2, 0.25) is 0 Å². The summed E-state index contributed by atoms with van der Waals surface area (Å²) in [5.41, 5.74) is 2.60. The summed E-state index contributed by atoms with van der Waals surface area (Å²) < 4.78 is 1.19.